The summed E-state index contributed by atoms with van der Waals surface area (Å²) in [6, 6.07) is 11.2. The molecule has 2 aromatic carbocycles. The Morgan fingerprint density at radius 1 is 1.04 bits per heavy atom. The van der Waals surface area contributed by atoms with Crippen molar-refractivity contribution in [2.24, 2.45) is 0 Å². The standard InChI is InChI=1S/C20H27NO4S/c1-14-11-19(25-5)15(2)16(3)20(14)26(22,23)21-18(13-24-4)12-17-9-7-6-8-10-17/h6-11,18,21H,12-13H2,1-5H3/t18-/m0/s1. The molecule has 6 heteroatoms. The molecule has 0 radical (unpaired) electrons. The van der Waals surface area contributed by atoms with Gasteiger partial charge < -0.3 is 9.47 Å². The Balaban J connectivity index is 2.35. The number of sulfonamides is 1. The molecule has 5 nitrogen and oxygen atoms in total. The van der Waals surface area contributed by atoms with Crippen LogP contribution in [0.15, 0.2) is 41.3 Å². The van der Waals surface area contributed by atoms with Gasteiger partial charge in [0.1, 0.15) is 5.75 Å². The van der Waals surface area contributed by atoms with Crippen molar-refractivity contribution >= 4 is 10.0 Å². The van der Waals surface area contributed by atoms with E-state index in [9.17, 15) is 8.42 Å². The minimum Gasteiger partial charge on any atom is -0.496 e. The van der Waals surface area contributed by atoms with E-state index in [0.29, 0.717) is 34.8 Å². The molecule has 0 heterocycles. The molecule has 0 spiro atoms. The van der Waals surface area contributed by atoms with Crippen LogP contribution in [0.4, 0.5) is 0 Å². The third-order valence-electron chi connectivity index (χ3n) is 4.48. The van der Waals surface area contributed by atoms with E-state index in [1.54, 1.807) is 27.2 Å². The fourth-order valence-electron chi connectivity index (χ4n) is 3.16. The van der Waals surface area contributed by atoms with Crippen LogP contribution in [0.25, 0.3) is 0 Å². The van der Waals surface area contributed by atoms with Gasteiger partial charge in [-0.05, 0) is 55.5 Å². The van der Waals surface area contributed by atoms with Crippen LogP contribution in [0.3, 0.4) is 0 Å². The Morgan fingerprint density at radius 3 is 2.27 bits per heavy atom. The van der Waals surface area contributed by atoms with Crippen molar-refractivity contribution in [3.8, 4) is 5.75 Å². The van der Waals surface area contributed by atoms with Gasteiger partial charge in [0.15, 0.2) is 0 Å². The molecule has 0 fully saturated rings. The van der Waals surface area contributed by atoms with Gasteiger partial charge in [0.25, 0.3) is 0 Å². The summed E-state index contributed by atoms with van der Waals surface area (Å²) in [5, 5.41) is 0. The summed E-state index contributed by atoms with van der Waals surface area (Å²) in [7, 11) is -0.541. The van der Waals surface area contributed by atoms with Gasteiger partial charge in [0.05, 0.1) is 18.6 Å². The number of benzene rings is 2. The highest BCUT2D eigenvalue weighted by Crippen LogP contribution is 2.30. The van der Waals surface area contributed by atoms with Gasteiger partial charge in [-0.1, -0.05) is 30.3 Å². The fraction of sp³-hybridized carbons (Fsp3) is 0.400. The third kappa shape index (κ3) is 4.63. The van der Waals surface area contributed by atoms with Crippen LogP contribution in [0, 0.1) is 20.8 Å². The predicted molar refractivity (Wildman–Crippen MR) is 103 cm³/mol. The van der Waals surface area contributed by atoms with E-state index in [-0.39, 0.29) is 6.04 Å². The van der Waals surface area contributed by atoms with Crippen molar-refractivity contribution in [1.29, 1.82) is 0 Å². The lowest BCUT2D eigenvalue weighted by atomic mass is 10.1. The highest BCUT2D eigenvalue weighted by molar-refractivity contribution is 7.89. The van der Waals surface area contributed by atoms with Crippen LogP contribution in [-0.4, -0.2) is 35.3 Å². The van der Waals surface area contributed by atoms with Gasteiger partial charge in [-0.15, -0.1) is 0 Å². The number of hydrogen-bond acceptors (Lipinski definition) is 4. The van der Waals surface area contributed by atoms with Crippen LogP contribution in [0.2, 0.25) is 0 Å². The van der Waals surface area contributed by atoms with Crippen molar-refractivity contribution < 1.29 is 17.9 Å². The molecular weight excluding hydrogens is 350 g/mol. The first kappa shape index (κ1) is 20.4. The summed E-state index contributed by atoms with van der Waals surface area (Å²) >= 11 is 0. The number of aryl methyl sites for hydroxylation is 1. The Morgan fingerprint density at radius 2 is 1.69 bits per heavy atom. The molecule has 142 valence electrons. The number of methoxy groups -OCH3 is 2. The van der Waals surface area contributed by atoms with Crippen molar-refractivity contribution in [3.05, 3.63) is 58.7 Å². The van der Waals surface area contributed by atoms with Crippen LogP contribution in [0.1, 0.15) is 22.3 Å². The van der Waals surface area contributed by atoms with Crippen LogP contribution in [0.5, 0.6) is 5.75 Å². The highest BCUT2D eigenvalue weighted by Gasteiger charge is 2.26. The zero-order chi connectivity index (χ0) is 19.3. The van der Waals surface area contributed by atoms with Gasteiger partial charge in [-0.3, -0.25) is 0 Å². The normalized spacial score (nSPS) is 12.8. The molecule has 0 amide bonds. The molecule has 0 unspecified atom stereocenters. The first-order valence-electron chi connectivity index (χ1n) is 8.50. The highest BCUT2D eigenvalue weighted by atomic mass is 32.2. The van der Waals surface area contributed by atoms with E-state index >= 15 is 0 Å². The molecule has 0 saturated carbocycles. The molecule has 2 aromatic rings. The Kier molecular flexibility index (Phi) is 6.81. The summed E-state index contributed by atoms with van der Waals surface area (Å²) in [4.78, 5) is 0.310. The molecule has 1 atom stereocenters. The minimum atomic E-state index is -3.70. The summed E-state index contributed by atoms with van der Waals surface area (Å²) in [6.07, 6.45) is 0.557. The smallest absolute Gasteiger partial charge is 0.241 e. The maximum atomic E-state index is 13.1. The Hall–Kier alpha value is -1.89. The lowest BCUT2D eigenvalue weighted by molar-refractivity contribution is 0.174. The van der Waals surface area contributed by atoms with Crippen LogP contribution >= 0.6 is 0 Å². The maximum Gasteiger partial charge on any atom is 0.241 e. The SMILES string of the molecule is COC[C@H](Cc1ccccc1)NS(=O)(=O)c1c(C)cc(OC)c(C)c1C. The molecule has 1 N–H and O–H groups in total. The topological polar surface area (TPSA) is 64.6 Å². The number of hydrogen-bond donors (Lipinski definition) is 1. The van der Waals surface area contributed by atoms with E-state index < -0.39 is 10.0 Å². The molecule has 0 aliphatic rings. The zero-order valence-electron chi connectivity index (χ0n) is 16.0. The third-order valence-corrected chi connectivity index (χ3v) is 6.29. The van der Waals surface area contributed by atoms with E-state index in [1.165, 1.54) is 0 Å². The number of rotatable bonds is 8. The second-order valence-corrected chi connectivity index (χ2v) is 8.09. The summed E-state index contributed by atoms with van der Waals surface area (Å²) < 4.78 is 39.6. The summed E-state index contributed by atoms with van der Waals surface area (Å²) in [6.45, 7) is 5.75. The number of ether oxygens (including phenoxy) is 2. The molecule has 0 aliphatic heterocycles. The van der Waals surface area contributed by atoms with Crippen LogP contribution in [-0.2, 0) is 21.2 Å². The predicted octanol–water partition coefficient (Wildman–Crippen LogP) is 3.16. The largest absolute Gasteiger partial charge is 0.496 e. The Labute approximate surface area is 156 Å². The molecular formula is C20H27NO4S. The van der Waals surface area contributed by atoms with Gasteiger partial charge in [-0.2, -0.15) is 0 Å². The van der Waals surface area contributed by atoms with E-state index in [2.05, 4.69) is 4.72 Å². The summed E-state index contributed by atoms with van der Waals surface area (Å²) in [5.41, 5.74) is 3.24. The van der Waals surface area contributed by atoms with Gasteiger partial charge >= 0.3 is 0 Å². The summed E-state index contributed by atoms with van der Waals surface area (Å²) in [5.74, 6) is 0.691. The molecule has 26 heavy (non-hydrogen) atoms. The second kappa shape index (κ2) is 8.66. The average Bonchev–Trinajstić information content (AvgIpc) is 2.58. The number of nitrogens with one attached hydrogen (secondary N) is 1. The second-order valence-electron chi connectivity index (χ2n) is 6.44. The first-order chi connectivity index (χ1) is 12.3. The quantitative estimate of drug-likeness (QED) is 0.767. The average molecular weight is 378 g/mol. The molecule has 0 aromatic heterocycles. The van der Waals surface area contributed by atoms with Gasteiger partial charge in [-0.25, -0.2) is 13.1 Å². The van der Waals surface area contributed by atoms with Crippen molar-refractivity contribution in [2.75, 3.05) is 20.8 Å². The van der Waals surface area contributed by atoms with E-state index in [1.807, 2.05) is 44.2 Å². The monoisotopic (exact) mass is 377 g/mol. The van der Waals surface area contributed by atoms with E-state index in [4.69, 9.17) is 9.47 Å². The van der Waals surface area contributed by atoms with Gasteiger partial charge in [0, 0.05) is 13.2 Å². The Bertz CT molecular complexity index is 848. The maximum absolute atomic E-state index is 13.1. The lowest BCUT2D eigenvalue weighted by Crippen LogP contribution is -2.40. The molecule has 0 bridgehead atoms. The van der Waals surface area contributed by atoms with Gasteiger partial charge in [0.2, 0.25) is 10.0 Å². The molecule has 2 rings (SSSR count). The molecule has 0 saturated heterocycles. The van der Waals surface area contributed by atoms with Crippen molar-refractivity contribution in [1.82, 2.24) is 4.72 Å². The molecule has 0 aliphatic carbocycles. The van der Waals surface area contributed by atoms with Crippen molar-refractivity contribution in [3.63, 3.8) is 0 Å². The van der Waals surface area contributed by atoms with E-state index in [0.717, 1.165) is 11.1 Å². The lowest BCUT2D eigenvalue weighted by Gasteiger charge is -2.21. The first-order valence-corrected chi connectivity index (χ1v) is 9.98. The van der Waals surface area contributed by atoms with Crippen molar-refractivity contribution in [2.45, 2.75) is 38.1 Å². The minimum absolute atomic E-state index is 0.293. The zero-order valence-corrected chi connectivity index (χ0v) is 16.8. The fourth-order valence-corrected chi connectivity index (χ4v) is 4.91. The van der Waals surface area contributed by atoms with Crippen LogP contribution < -0.4 is 9.46 Å².